The summed E-state index contributed by atoms with van der Waals surface area (Å²) in [6, 6.07) is 7.13. The van der Waals surface area contributed by atoms with Gasteiger partial charge in [0.2, 0.25) is 0 Å². The largest absolute Gasteiger partial charge is 0.400 e. The van der Waals surface area contributed by atoms with Crippen molar-refractivity contribution in [3.05, 3.63) is 34.3 Å². The molecule has 0 fully saturated rings. The van der Waals surface area contributed by atoms with Crippen molar-refractivity contribution < 1.29 is 17.9 Å². The quantitative estimate of drug-likeness (QED) is 0.833. The minimum atomic E-state index is -4.47. The maximum Gasteiger partial charge on any atom is 0.400 e. The molecule has 1 aromatic carbocycles. The summed E-state index contributed by atoms with van der Waals surface area (Å²) in [5, 5.41) is 0. The molecule has 0 spiro atoms. The first-order valence-electron chi connectivity index (χ1n) is 4.99. The average Bonchev–Trinajstić information content (AvgIpc) is 2.24. The molecule has 2 N–H and O–H groups in total. The summed E-state index contributed by atoms with van der Waals surface area (Å²) in [6.45, 7) is -0.503. The van der Waals surface area contributed by atoms with Crippen LogP contribution in [0.2, 0.25) is 0 Å². The number of thiocarbonyl (C=S) groups is 1. The zero-order valence-corrected chi connectivity index (χ0v) is 11.6. The lowest BCUT2D eigenvalue weighted by Gasteiger charge is -2.19. The highest BCUT2D eigenvalue weighted by molar-refractivity contribution is 9.10. The average molecular weight is 342 g/mol. The fourth-order valence-corrected chi connectivity index (χ4v) is 1.84. The van der Waals surface area contributed by atoms with Gasteiger partial charge in [0, 0.05) is 4.47 Å². The van der Waals surface area contributed by atoms with Crippen LogP contribution in [0.4, 0.5) is 13.2 Å². The Kier molecular flexibility index (Phi) is 5.55. The maximum atomic E-state index is 12.5. The minimum absolute atomic E-state index is 0.0661. The van der Waals surface area contributed by atoms with Gasteiger partial charge in [-0.25, -0.2) is 0 Å². The van der Waals surface area contributed by atoms with Gasteiger partial charge in [-0.1, -0.05) is 46.3 Å². The molecule has 0 amide bonds. The summed E-state index contributed by atoms with van der Waals surface area (Å²) in [6.07, 6.45) is -4.47. The Morgan fingerprint density at radius 1 is 1.39 bits per heavy atom. The van der Waals surface area contributed by atoms with Crippen molar-refractivity contribution in [1.82, 2.24) is 0 Å². The van der Waals surface area contributed by atoms with E-state index in [9.17, 15) is 13.2 Å². The molecule has 0 saturated heterocycles. The smallest absolute Gasteiger partial charge is 0.393 e. The van der Waals surface area contributed by atoms with E-state index in [1.54, 1.807) is 24.3 Å². The van der Waals surface area contributed by atoms with Gasteiger partial charge in [0.05, 0.1) is 18.2 Å². The summed E-state index contributed by atoms with van der Waals surface area (Å²) in [5.74, 6) is -1.91. The Hall–Kier alpha value is -0.660. The van der Waals surface area contributed by atoms with E-state index in [0.717, 1.165) is 10.0 Å². The molecule has 0 heterocycles. The second kappa shape index (κ2) is 6.49. The van der Waals surface area contributed by atoms with E-state index in [1.807, 2.05) is 0 Å². The zero-order valence-electron chi connectivity index (χ0n) is 9.21. The van der Waals surface area contributed by atoms with Gasteiger partial charge < -0.3 is 10.5 Å². The summed E-state index contributed by atoms with van der Waals surface area (Å²) in [4.78, 5) is -0.602. The molecule has 0 aliphatic heterocycles. The first-order valence-corrected chi connectivity index (χ1v) is 6.19. The molecule has 2 nitrogen and oxygen atoms in total. The fourth-order valence-electron chi connectivity index (χ4n) is 1.24. The van der Waals surface area contributed by atoms with Gasteiger partial charge in [0.15, 0.2) is 0 Å². The highest BCUT2D eigenvalue weighted by Gasteiger charge is 2.41. The molecule has 0 bridgehead atoms. The highest BCUT2D eigenvalue weighted by atomic mass is 79.9. The number of halogens is 4. The molecule has 0 aliphatic carbocycles. The van der Waals surface area contributed by atoms with E-state index in [4.69, 9.17) is 10.5 Å². The molecule has 0 saturated carbocycles. The Bertz CT molecular complexity index is 425. The van der Waals surface area contributed by atoms with Crippen molar-refractivity contribution in [3.8, 4) is 0 Å². The molecular weight excluding hydrogens is 331 g/mol. The van der Waals surface area contributed by atoms with E-state index >= 15 is 0 Å². The van der Waals surface area contributed by atoms with Crippen LogP contribution >= 0.6 is 28.1 Å². The molecule has 0 radical (unpaired) electrons. The Labute approximate surface area is 116 Å². The third-order valence-corrected chi connectivity index (χ3v) is 3.30. The third-order valence-electron chi connectivity index (χ3n) is 2.24. The van der Waals surface area contributed by atoms with Crippen molar-refractivity contribution in [1.29, 1.82) is 0 Å². The molecular formula is C11H11BrF3NOS. The normalized spacial score (nSPS) is 13.3. The van der Waals surface area contributed by atoms with Gasteiger partial charge in [-0.2, -0.15) is 13.2 Å². The topological polar surface area (TPSA) is 35.2 Å². The number of benzene rings is 1. The standard InChI is InChI=1S/C11H11BrF3NOS/c12-9-4-2-1-3-7(9)5-17-6-8(10(16)18)11(13,14)15/h1-4,8H,5-6H2,(H2,16,18). The number of nitrogens with two attached hydrogens (primary N) is 1. The minimum Gasteiger partial charge on any atom is -0.393 e. The summed E-state index contributed by atoms with van der Waals surface area (Å²) in [7, 11) is 0. The lowest BCUT2D eigenvalue weighted by Crippen LogP contribution is -2.37. The molecule has 1 rings (SSSR count). The van der Waals surface area contributed by atoms with E-state index in [-0.39, 0.29) is 6.61 Å². The summed E-state index contributed by atoms with van der Waals surface area (Å²) < 4.78 is 43.4. The lowest BCUT2D eigenvalue weighted by atomic mass is 10.1. The van der Waals surface area contributed by atoms with Crippen LogP contribution in [0.25, 0.3) is 0 Å². The van der Waals surface area contributed by atoms with Crippen LogP contribution in [0.3, 0.4) is 0 Å². The number of hydrogen-bond acceptors (Lipinski definition) is 2. The highest BCUT2D eigenvalue weighted by Crippen LogP contribution is 2.27. The predicted octanol–water partition coefficient (Wildman–Crippen LogP) is 3.43. The van der Waals surface area contributed by atoms with Crippen molar-refractivity contribution in [3.63, 3.8) is 0 Å². The summed E-state index contributed by atoms with van der Waals surface area (Å²) >= 11 is 7.67. The van der Waals surface area contributed by atoms with Crippen molar-refractivity contribution in [2.75, 3.05) is 6.61 Å². The van der Waals surface area contributed by atoms with Gasteiger partial charge in [-0.15, -0.1) is 0 Å². The molecule has 1 unspecified atom stereocenters. The molecule has 0 aromatic heterocycles. The van der Waals surface area contributed by atoms with E-state index in [2.05, 4.69) is 28.1 Å². The molecule has 7 heteroatoms. The number of rotatable bonds is 5. The first kappa shape index (κ1) is 15.4. The van der Waals surface area contributed by atoms with Gasteiger partial charge in [-0.05, 0) is 11.6 Å². The number of hydrogen-bond donors (Lipinski definition) is 1. The molecule has 0 aliphatic rings. The van der Waals surface area contributed by atoms with Gasteiger partial charge >= 0.3 is 6.18 Å². The first-order chi connectivity index (χ1) is 8.32. The van der Waals surface area contributed by atoms with E-state index in [0.29, 0.717) is 0 Å². The van der Waals surface area contributed by atoms with Crippen LogP contribution in [0, 0.1) is 5.92 Å². The molecule has 1 atom stereocenters. The van der Waals surface area contributed by atoms with Crippen LogP contribution in [-0.4, -0.2) is 17.8 Å². The van der Waals surface area contributed by atoms with Crippen molar-refractivity contribution >= 4 is 33.1 Å². The summed E-state index contributed by atoms with van der Waals surface area (Å²) in [5.41, 5.74) is 5.82. The molecule has 18 heavy (non-hydrogen) atoms. The van der Waals surface area contributed by atoms with Crippen LogP contribution in [0.1, 0.15) is 5.56 Å². The van der Waals surface area contributed by atoms with Crippen LogP contribution < -0.4 is 5.73 Å². The maximum absolute atomic E-state index is 12.5. The number of alkyl halides is 3. The second-order valence-corrected chi connectivity index (χ2v) is 4.93. The van der Waals surface area contributed by atoms with Gasteiger partial charge in [0.25, 0.3) is 0 Å². The lowest BCUT2D eigenvalue weighted by molar-refractivity contribution is -0.168. The second-order valence-electron chi connectivity index (χ2n) is 3.60. The monoisotopic (exact) mass is 341 g/mol. The van der Waals surface area contributed by atoms with E-state index in [1.165, 1.54) is 0 Å². The zero-order chi connectivity index (χ0) is 13.8. The Morgan fingerprint density at radius 3 is 2.50 bits per heavy atom. The van der Waals surface area contributed by atoms with Crippen molar-refractivity contribution in [2.45, 2.75) is 12.8 Å². The number of ether oxygens (including phenoxy) is 1. The fraction of sp³-hybridized carbons (Fsp3) is 0.364. The third kappa shape index (κ3) is 4.55. The Balaban J connectivity index is 2.55. The van der Waals surface area contributed by atoms with Crippen LogP contribution in [0.5, 0.6) is 0 Å². The molecule has 1 aromatic rings. The van der Waals surface area contributed by atoms with Crippen LogP contribution in [0.15, 0.2) is 28.7 Å². The SMILES string of the molecule is NC(=S)C(COCc1ccccc1Br)C(F)(F)F. The van der Waals surface area contributed by atoms with Crippen LogP contribution in [-0.2, 0) is 11.3 Å². The Morgan fingerprint density at radius 2 is 2.00 bits per heavy atom. The predicted molar refractivity (Wildman–Crippen MR) is 70.1 cm³/mol. The molecule has 100 valence electrons. The van der Waals surface area contributed by atoms with E-state index < -0.39 is 23.7 Å². The van der Waals surface area contributed by atoms with Gasteiger partial charge in [0.1, 0.15) is 5.92 Å². The van der Waals surface area contributed by atoms with Crippen molar-refractivity contribution in [2.24, 2.45) is 11.7 Å². The van der Waals surface area contributed by atoms with Gasteiger partial charge in [-0.3, -0.25) is 0 Å².